The van der Waals surface area contributed by atoms with Gasteiger partial charge in [0.1, 0.15) is 0 Å². The van der Waals surface area contributed by atoms with Crippen LogP contribution in [0.15, 0.2) is 23.3 Å². The van der Waals surface area contributed by atoms with Gasteiger partial charge < -0.3 is 9.80 Å². The number of nitro benzene ring substituents is 1. The summed E-state index contributed by atoms with van der Waals surface area (Å²) in [5.41, 5.74) is 1.45. The van der Waals surface area contributed by atoms with Gasteiger partial charge in [0.15, 0.2) is 11.6 Å². The highest BCUT2D eigenvalue weighted by atomic mass is 16.6. The van der Waals surface area contributed by atoms with Crippen LogP contribution in [0.3, 0.4) is 0 Å². The van der Waals surface area contributed by atoms with Crippen LogP contribution in [0.1, 0.15) is 43.9 Å². The number of piperidine rings is 1. The second-order valence-electron chi connectivity index (χ2n) is 7.65. The molecule has 0 bridgehead atoms. The second-order valence-corrected chi connectivity index (χ2v) is 7.65. The largest absolute Gasteiger partial charge is 0.370 e. The maximum atomic E-state index is 12.9. The summed E-state index contributed by atoms with van der Waals surface area (Å²) in [6.45, 7) is 10.3. The van der Waals surface area contributed by atoms with E-state index >= 15 is 0 Å². The van der Waals surface area contributed by atoms with Crippen LogP contribution >= 0.6 is 0 Å². The minimum atomic E-state index is -0.417. The van der Waals surface area contributed by atoms with E-state index in [4.69, 9.17) is 0 Å². The Kier molecular flexibility index (Phi) is 6.98. The number of aromatic nitrogens is 3. The van der Waals surface area contributed by atoms with Crippen molar-refractivity contribution in [2.24, 2.45) is 11.0 Å². The highest BCUT2D eigenvalue weighted by Crippen LogP contribution is 2.29. The summed E-state index contributed by atoms with van der Waals surface area (Å²) in [5, 5.41) is 23.8. The summed E-state index contributed by atoms with van der Waals surface area (Å²) in [6.07, 6.45) is 3.33. The molecule has 1 aromatic carbocycles. The molecule has 1 aliphatic heterocycles. The van der Waals surface area contributed by atoms with Gasteiger partial charge in [0, 0.05) is 49.6 Å². The maximum Gasteiger partial charge on any atom is 0.270 e. The van der Waals surface area contributed by atoms with Gasteiger partial charge in [-0.05, 0) is 46.6 Å². The Labute approximate surface area is 181 Å². The molecule has 1 aliphatic rings. The van der Waals surface area contributed by atoms with Gasteiger partial charge in [-0.2, -0.15) is 5.10 Å². The molecule has 166 valence electrons. The van der Waals surface area contributed by atoms with Crippen LogP contribution in [-0.2, 0) is 4.79 Å². The minimum absolute atomic E-state index is 0.00447. The van der Waals surface area contributed by atoms with Crippen molar-refractivity contribution in [2.75, 3.05) is 31.1 Å². The Morgan fingerprint density at radius 2 is 1.97 bits per heavy atom. The number of hydrogen-bond acceptors (Lipinski definition) is 7. The molecular weight excluding hydrogens is 398 g/mol. The van der Waals surface area contributed by atoms with E-state index in [2.05, 4.69) is 20.2 Å². The predicted octanol–water partition coefficient (Wildman–Crippen LogP) is 2.77. The van der Waals surface area contributed by atoms with Crippen molar-refractivity contribution < 1.29 is 9.72 Å². The molecule has 0 N–H and O–H groups in total. The van der Waals surface area contributed by atoms with Crippen molar-refractivity contribution in [3.05, 3.63) is 45.5 Å². The van der Waals surface area contributed by atoms with E-state index in [0.717, 1.165) is 25.1 Å². The highest BCUT2D eigenvalue weighted by Gasteiger charge is 2.29. The number of nitro groups is 1. The van der Waals surface area contributed by atoms with Crippen LogP contribution in [0.4, 0.5) is 11.4 Å². The van der Waals surface area contributed by atoms with E-state index in [1.807, 2.05) is 18.7 Å². The SMILES string of the molecule is CCN(CC)C(=O)[C@H]1CCCN(c2ccc([N+](=O)[O-])cc2/C=N\n2c(C)nnc2C)C1. The third-order valence-corrected chi connectivity index (χ3v) is 5.67. The Bertz CT molecular complexity index is 962. The molecule has 1 aromatic heterocycles. The smallest absolute Gasteiger partial charge is 0.270 e. The molecule has 0 spiro atoms. The fourth-order valence-electron chi connectivity index (χ4n) is 3.99. The standard InChI is InChI=1S/C21H29N7O3/c1-5-25(6-2)21(29)17-8-7-11-26(14-17)20-10-9-19(28(30)31)12-18(20)13-22-27-15(3)23-24-16(27)4/h9-10,12-13,17H,5-8,11,14H2,1-4H3/b22-13-/t17-/m0/s1. The molecule has 0 radical (unpaired) electrons. The summed E-state index contributed by atoms with van der Waals surface area (Å²) < 4.78 is 1.59. The summed E-state index contributed by atoms with van der Waals surface area (Å²) in [4.78, 5) is 27.8. The van der Waals surface area contributed by atoms with E-state index < -0.39 is 4.92 Å². The Morgan fingerprint density at radius 3 is 2.58 bits per heavy atom. The van der Waals surface area contributed by atoms with Crippen molar-refractivity contribution in [3.8, 4) is 0 Å². The highest BCUT2D eigenvalue weighted by molar-refractivity contribution is 5.89. The van der Waals surface area contributed by atoms with Gasteiger partial charge in [-0.3, -0.25) is 14.9 Å². The number of amides is 1. The quantitative estimate of drug-likeness (QED) is 0.382. The second kappa shape index (κ2) is 9.67. The fraction of sp³-hybridized carbons (Fsp3) is 0.524. The Morgan fingerprint density at radius 1 is 1.29 bits per heavy atom. The van der Waals surface area contributed by atoms with Crippen LogP contribution < -0.4 is 4.90 Å². The molecule has 2 heterocycles. The number of non-ortho nitro benzene ring substituents is 1. The molecule has 1 atom stereocenters. The van der Waals surface area contributed by atoms with Crippen LogP contribution in [0.2, 0.25) is 0 Å². The molecule has 1 fully saturated rings. The van der Waals surface area contributed by atoms with Gasteiger partial charge in [-0.1, -0.05) is 0 Å². The molecule has 2 aromatic rings. The summed E-state index contributed by atoms with van der Waals surface area (Å²) in [6, 6.07) is 4.76. The molecule has 0 unspecified atom stereocenters. The van der Waals surface area contributed by atoms with Gasteiger partial charge in [0.2, 0.25) is 5.91 Å². The molecule has 0 saturated carbocycles. The van der Waals surface area contributed by atoms with E-state index in [9.17, 15) is 14.9 Å². The van der Waals surface area contributed by atoms with Gasteiger partial charge in [0.25, 0.3) is 5.69 Å². The third-order valence-electron chi connectivity index (χ3n) is 5.67. The Balaban J connectivity index is 1.92. The molecule has 1 saturated heterocycles. The van der Waals surface area contributed by atoms with Crippen molar-refractivity contribution in [1.82, 2.24) is 19.8 Å². The summed E-state index contributed by atoms with van der Waals surface area (Å²) in [5.74, 6) is 1.34. The molecule has 10 nitrogen and oxygen atoms in total. The zero-order valence-electron chi connectivity index (χ0n) is 18.5. The van der Waals surface area contributed by atoms with E-state index in [1.54, 1.807) is 30.8 Å². The molecule has 3 rings (SSSR count). The van der Waals surface area contributed by atoms with Crippen molar-refractivity contribution in [3.63, 3.8) is 0 Å². The zero-order chi connectivity index (χ0) is 22.5. The lowest BCUT2D eigenvalue weighted by Crippen LogP contribution is -2.45. The van der Waals surface area contributed by atoms with Gasteiger partial charge in [-0.15, -0.1) is 10.2 Å². The van der Waals surface area contributed by atoms with E-state index in [0.29, 0.717) is 36.8 Å². The topological polar surface area (TPSA) is 110 Å². The number of rotatable bonds is 7. The van der Waals surface area contributed by atoms with Crippen molar-refractivity contribution >= 4 is 23.5 Å². The average molecular weight is 428 g/mol. The number of carbonyl (C=O) groups excluding carboxylic acids is 1. The molecule has 31 heavy (non-hydrogen) atoms. The number of anilines is 1. The van der Waals surface area contributed by atoms with Gasteiger partial charge in [-0.25, -0.2) is 4.68 Å². The normalized spacial score (nSPS) is 16.6. The van der Waals surface area contributed by atoms with Crippen LogP contribution in [0, 0.1) is 29.9 Å². The number of benzene rings is 1. The number of nitrogens with zero attached hydrogens (tertiary/aromatic N) is 7. The molecule has 1 amide bonds. The monoisotopic (exact) mass is 427 g/mol. The number of carbonyl (C=O) groups is 1. The van der Waals surface area contributed by atoms with Crippen LogP contribution in [-0.4, -0.2) is 63.0 Å². The molecular formula is C21H29N7O3. The first kappa shape index (κ1) is 22.4. The summed E-state index contributed by atoms with van der Waals surface area (Å²) >= 11 is 0. The van der Waals surface area contributed by atoms with Crippen molar-refractivity contribution in [1.29, 1.82) is 0 Å². The number of hydrogen-bond donors (Lipinski definition) is 0. The number of aryl methyl sites for hydroxylation is 2. The molecule has 10 heteroatoms. The first-order chi connectivity index (χ1) is 14.8. The van der Waals surface area contributed by atoms with E-state index in [-0.39, 0.29) is 17.5 Å². The average Bonchev–Trinajstić information content (AvgIpc) is 3.10. The van der Waals surface area contributed by atoms with Gasteiger partial charge in [0.05, 0.1) is 17.1 Å². The van der Waals surface area contributed by atoms with E-state index in [1.165, 1.54) is 12.1 Å². The first-order valence-corrected chi connectivity index (χ1v) is 10.6. The zero-order valence-corrected chi connectivity index (χ0v) is 18.5. The predicted molar refractivity (Wildman–Crippen MR) is 118 cm³/mol. The lowest BCUT2D eigenvalue weighted by atomic mass is 9.95. The lowest BCUT2D eigenvalue weighted by Gasteiger charge is -2.36. The Hall–Kier alpha value is -3.30. The maximum absolute atomic E-state index is 12.9. The van der Waals surface area contributed by atoms with Crippen LogP contribution in [0.25, 0.3) is 0 Å². The molecule has 0 aliphatic carbocycles. The first-order valence-electron chi connectivity index (χ1n) is 10.6. The minimum Gasteiger partial charge on any atom is -0.370 e. The van der Waals surface area contributed by atoms with Crippen molar-refractivity contribution in [2.45, 2.75) is 40.5 Å². The third kappa shape index (κ3) is 4.89. The summed E-state index contributed by atoms with van der Waals surface area (Å²) in [7, 11) is 0. The lowest BCUT2D eigenvalue weighted by molar-refractivity contribution is -0.384. The fourth-order valence-corrected chi connectivity index (χ4v) is 3.99. The van der Waals surface area contributed by atoms with Crippen LogP contribution in [0.5, 0.6) is 0 Å². The van der Waals surface area contributed by atoms with Gasteiger partial charge >= 0.3 is 0 Å².